The molecular formula is C18H25FN2O2. The number of hydrogen-bond donors (Lipinski definition) is 2. The molecule has 1 aliphatic heterocycles. The van der Waals surface area contributed by atoms with Crippen molar-refractivity contribution in [3.63, 3.8) is 0 Å². The minimum absolute atomic E-state index is 0.112. The average Bonchev–Trinajstić information content (AvgIpc) is 3.00. The van der Waals surface area contributed by atoms with Crippen LogP contribution >= 0.6 is 0 Å². The van der Waals surface area contributed by atoms with Gasteiger partial charge in [0, 0.05) is 13.1 Å². The van der Waals surface area contributed by atoms with E-state index in [1.54, 1.807) is 12.1 Å². The van der Waals surface area contributed by atoms with Gasteiger partial charge in [-0.25, -0.2) is 4.39 Å². The van der Waals surface area contributed by atoms with Crippen LogP contribution < -0.4 is 15.4 Å². The highest BCUT2D eigenvalue weighted by molar-refractivity contribution is 5.83. The SMILES string of the molecule is CCOc1ccc(CNC(=O)[C@@]23CCCC[C@H]2CNC3)cc1F. The molecule has 2 aliphatic rings. The number of rotatable bonds is 5. The van der Waals surface area contributed by atoms with Gasteiger partial charge in [0.15, 0.2) is 11.6 Å². The summed E-state index contributed by atoms with van der Waals surface area (Å²) in [6.45, 7) is 4.32. The summed E-state index contributed by atoms with van der Waals surface area (Å²) in [5, 5.41) is 6.40. The van der Waals surface area contributed by atoms with Gasteiger partial charge >= 0.3 is 0 Å². The Hall–Kier alpha value is -1.62. The molecule has 0 radical (unpaired) electrons. The number of hydrogen-bond acceptors (Lipinski definition) is 3. The molecule has 1 heterocycles. The van der Waals surface area contributed by atoms with Crippen LogP contribution in [0.3, 0.4) is 0 Å². The Morgan fingerprint density at radius 3 is 3.13 bits per heavy atom. The third kappa shape index (κ3) is 3.20. The van der Waals surface area contributed by atoms with Crippen molar-refractivity contribution in [1.29, 1.82) is 0 Å². The highest BCUT2D eigenvalue weighted by Crippen LogP contribution is 2.43. The second kappa shape index (κ2) is 6.87. The quantitative estimate of drug-likeness (QED) is 0.877. The van der Waals surface area contributed by atoms with Crippen LogP contribution in [0.5, 0.6) is 5.75 Å². The van der Waals surface area contributed by atoms with E-state index < -0.39 is 0 Å². The lowest BCUT2D eigenvalue weighted by molar-refractivity contribution is -0.134. The molecule has 23 heavy (non-hydrogen) atoms. The molecule has 1 aliphatic carbocycles. The van der Waals surface area contributed by atoms with Gasteiger partial charge in [0.2, 0.25) is 5.91 Å². The highest BCUT2D eigenvalue weighted by Gasteiger charge is 2.49. The lowest BCUT2D eigenvalue weighted by atomic mass is 9.67. The van der Waals surface area contributed by atoms with Crippen LogP contribution in [0.1, 0.15) is 38.2 Å². The largest absolute Gasteiger partial charge is 0.491 e. The molecule has 0 bridgehead atoms. The molecule has 2 fully saturated rings. The number of amides is 1. The first-order chi connectivity index (χ1) is 11.2. The zero-order valence-corrected chi connectivity index (χ0v) is 13.7. The summed E-state index contributed by atoms with van der Waals surface area (Å²) in [7, 11) is 0. The smallest absolute Gasteiger partial charge is 0.228 e. The first-order valence-electron chi connectivity index (χ1n) is 8.56. The summed E-state index contributed by atoms with van der Waals surface area (Å²) in [4.78, 5) is 12.8. The zero-order chi connectivity index (χ0) is 16.3. The minimum Gasteiger partial charge on any atom is -0.491 e. The lowest BCUT2D eigenvalue weighted by Gasteiger charge is -2.37. The van der Waals surface area contributed by atoms with E-state index in [9.17, 15) is 9.18 Å². The van der Waals surface area contributed by atoms with Crippen molar-refractivity contribution >= 4 is 5.91 Å². The number of halogens is 1. The van der Waals surface area contributed by atoms with E-state index in [0.717, 1.165) is 37.9 Å². The summed E-state index contributed by atoms with van der Waals surface area (Å²) < 4.78 is 19.1. The number of carbonyl (C=O) groups excluding carboxylic acids is 1. The van der Waals surface area contributed by atoms with Gasteiger partial charge in [0.05, 0.1) is 12.0 Å². The number of benzene rings is 1. The van der Waals surface area contributed by atoms with Crippen molar-refractivity contribution in [2.24, 2.45) is 11.3 Å². The topological polar surface area (TPSA) is 50.4 Å². The van der Waals surface area contributed by atoms with Crippen LogP contribution in [0, 0.1) is 17.2 Å². The first-order valence-corrected chi connectivity index (χ1v) is 8.56. The van der Waals surface area contributed by atoms with Crippen molar-refractivity contribution in [2.75, 3.05) is 19.7 Å². The van der Waals surface area contributed by atoms with Gasteiger partial charge in [-0.1, -0.05) is 18.9 Å². The van der Waals surface area contributed by atoms with E-state index in [-0.39, 0.29) is 22.9 Å². The predicted octanol–water partition coefficient (Wildman–Crippen LogP) is 2.62. The highest BCUT2D eigenvalue weighted by atomic mass is 19.1. The standard InChI is InChI=1S/C18H25FN2O2/c1-2-23-16-7-6-13(9-15(16)19)10-21-17(22)18-8-4-3-5-14(18)11-20-12-18/h6-7,9,14,20H,2-5,8,10-12H2,1H3,(H,21,22)/t14-,18+/m0/s1. The van der Waals surface area contributed by atoms with E-state index in [0.29, 0.717) is 19.1 Å². The summed E-state index contributed by atoms with van der Waals surface area (Å²) in [5.41, 5.74) is 0.497. The molecule has 1 saturated carbocycles. The first kappa shape index (κ1) is 16.2. The Bertz CT molecular complexity index is 578. The summed E-state index contributed by atoms with van der Waals surface area (Å²) in [6.07, 6.45) is 4.40. The second-order valence-electron chi connectivity index (χ2n) is 6.61. The van der Waals surface area contributed by atoms with Crippen molar-refractivity contribution in [3.05, 3.63) is 29.6 Å². The van der Waals surface area contributed by atoms with Crippen molar-refractivity contribution < 1.29 is 13.9 Å². The Labute approximate surface area is 136 Å². The Morgan fingerprint density at radius 2 is 2.35 bits per heavy atom. The molecule has 1 saturated heterocycles. The van der Waals surface area contributed by atoms with Crippen LogP contribution in [-0.4, -0.2) is 25.6 Å². The van der Waals surface area contributed by atoms with Crippen LogP contribution in [0.4, 0.5) is 4.39 Å². The van der Waals surface area contributed by atoms with Gasteiger partial charge < -0.3 is 15.4 Å². The molecule has 1 aromatic carbocycles. The Balaban J connectivity index is 1.63. The van der Waals surface area contributed by atoms with Crippen LogP contribution in [0.2, 0.25) is 0 Å². The fourth-order valence-electron chi connectivity index (χ4n) is 3.98. The predicted molar refractivity (Wildman–Crippen MR) is 86.7 cm³/mol. The molecule has 126 valence electrons. The van der Waals surface area contributed by atoms with Gasteiger partial charge in [0.25, 0.3) is 0 Å². The molecule has 0 spiro atoms. The fraction of sp³-hybridized carbons (Fsp3) is 0.611. The number of nitrogens with one attached hydrogen (secondary N) is 2. The number of ether oxygens (including phenoxy) is 1. The molecule has 0 unspecified atom stereocenters. The molecule has 0 aromatic heterocycles. The molecule has 2 N–H and O–H groups in total. The van der Waals surface area contributed by atoms with Gasteiger partial charge in [-0.15, -0.1) is 0 Å². The molecule has 4 nitrogen and oxygen atoms in total. The van der Waals surface area contributed by atoms with Gasteiger partial charge in [-0.3, -0.25) is 4.79 Å². The molecule has 5 heteroatoms. The van der Waals surface area contributed by atoms with Gasteiger partial charge in [-0.2, -0.15) is 0 Å². The molecule has 3 rings (SSSR count). The van der Waals surface area contributed by atoms with Crippen LogP contribution in [0.25, 0.3) is 0 Å². The Morgan fingerprint density at radius 1 is 1.48 bits per heavy atom. The number of carbonyl (C=O) groups is 1. The summed E-state index contributed by atoms with van der Waals surface area (Å²) in [6, 6.07) is 4.87. The number of fused-ring (bicyclic) bond motifs is 1. The maximum absolute atomic E-state index is 13.9. The Kier molecular flexibility index (Phi) is 4.85. The normalized spacial score (nSPS) is 26.6. The fourth-order valence-corrected chi connectivity index (χ4v) is 3.98. The lowest BCUT2D eigenvalue weighted by Crippen LogP contribution is -2.47. The molecule has 1 aromatic rings. The maximum Gasteiger partial charge on any atom is 0.228 e. The third-order valence-corrected chi connectivity index (χ3v) is 5.24. The summed E-state index contributed by atoms with van der Waals surface area (Å²) in [5.74, 6) is 0.429. The van der Waals surface area contributed by atoms with Crippen LogP contribution in [0.15, 0.2) is 18.2 Å². The van der Waals surface area contributed by atoms with E-state index in [4.69, 9.17) is 4.74 Å². The summed E-state index contributed by atoms with van der Waals surface area (Å²) >= 11 is 0. The third-order valence-electron chi connectivity index (χ3n) is 5.24. The van der Waals surface area contributed by atoms with Crippen molar-refractivity contribution in [3.8, 4) is 5.75 Å². The minimum atomic E-state index is -0.380. The van der Waals surface area contributed by atoms with Gasteiger partial charge in [0.1, 0.15) is 0 Å². The average molecular weight is 320 g/mol. The molecular weight excluding hydrogens is 295 g/mol. The van der Waals surface area contributed by atoms with Crippen molar-refractivity contribution in [2.45, 2.75) is 39.2 Å². The van der Waals surface area contributed by atoms with Gasteiger partial charge in [-0.05, 0) is 49.9 Å². The maximum atomic E-state index is 13.9. The van der Waals surface area contributed by atoms with E-state index in [2.05, 4.69) is 10.6 Å². The van der Waals surface area contributed by atoms with Crippen molar-refractivity contribution in [1.82, 2.24) is 10.6 Å². The molecule has 2 atom stereocenters. The van der Waals surface area contributed by atoms with E-state index >= 15 is 0 Å². The molecule has 1 amide bonds. The van der Waals surface area contributed by atoms with E-state index in [1.165, 1.54) is 12.5 Å². The zero-order valence-electron chi connectivity index (χ0n) is 13.7. The van der Waals surface area contributed by atoms with E-state index in [1.807, 2.05) is 6.92 Å². The van der Waals surface area contributed by atoms with Crippen LogP contribution in [-0.2, 0) is 11.3 Å². The second-order valence-corrected chi connectivity index (χ2v) is 6.61. The monoisotopic (exact) mass is 320 g/mol.